The molecule has 1 atom stereocenters. The van der Waals surface area contributed by atoms with E-state index < -0.39 is 0 Å². The van der Waals surface area contributed by atoms with E-state index in [0.717, 1.165) is 12.5 Å². The smallest absolute Gasteiger partial charge is 0.0644 e. The molecule has 1 aromatic heterocycles. The normalized spacial score (nSPS) is 13.3. The fourth-order valence-electron chi connectivity index (χ4n) is 2.46. The highest BCUT2D eigenvalue weighted by Gasteiger charge is 2.19. The maximum atomic E-state index is 4.54. The van der Waals surface area contributed by atoms with Crippen molar-refractivity contribution in [2.24, 2.45) is 13.0 Å². The monoisotopic (exact) mass is 251 g/mol. The van der Waals surface area contributed by atoms with Crippen LogP contribution in [0.5, 0.6) is 0 Å². The van der Waals surface area contributed by atoms with Gasteiger partial charge < -0.3 is 5.32 Å². The van der Waals surface area contributed by atoms with Gasteiger partial charge in [-0.15, -0.1) is 0 Å². The zero-order valence-electron chi connectivity index (χ0n) is 12.9. The molecule has 0 radical (unpaired) electrons. The van der Waals surface area contributed by atoms with E-state index in [9.17, 15) is 0 Å². The first-order chi connectivity index (χ1) is 8.47. The lowest BCUT2D eigenvalue weighted by Gasteiger charge is -2.20. The van der Waals surface area contributed by atoms with Crippen LogP contribution in [0, 0.1) is 19.8 Å². The van der Waals surface area contributed by atoms with Crippen molar-refractivity contribution in [1.29, 1.82) is 0 Å². The van der Waals surface area contributed by atoms with Gasteiger partial charge in [-0.05, 0) is 45.6 Å². The summed E-state index contributed by atoms with van der Waals surface area (Å²) in [4.78, 5) is 0. The van der Waals surface area contributed by atoms with E-state index in [1.807, 2.05) is 11.7 Å². The summed E-state index contributed by atoms with van der Waals surface area (Å²) in [5.74, 6) is 0.758. The maximum Gasteiger partial charge on any atom is 0.0644 e. The second kappa shape index (κ2) is 6.93. The van der Waals surface area contributed by atoms with Crippen LogP contribution in [-0.2, 0) is 7.05 Å². The Morgan fingerprint density at radius 2 is 1.89 bits per heavy atom. The van der Waals surface area contributed by atoms with Crippen molar-refractivity contribution in [3.05, 3.63) is 17.0 Å². The lowest BCUT2D eigenvalue weighted by Crippen LogP contribution is -2.23. The third-order valence-electron chi connectivity index (χ3n) is 3.59. The standard InChI is InChI=1S/C15H29N3/c1-7-10-16-14(9-8-11(2)3)15-12(4)17-18(6)13(15)5/h11,14,16H,7-10H2,1-6H3. The molecule has 0 bridgehead atoms. The van der Waals surface area contributed by atoms with Crippen LogP contribution in [0.3, 0.4) is 0 Å². The van der Waals surface area contributed by atoms with Gasteiger partial charge in [-0.2, -0.15) is 5.10 Å². The van der Waals surface area contributed by atoms with Crippen LogP contribution in [0.15, 0.2) is 0 Å². The Morgan fingerprint density at radius 3 is 2.33 bits per heavy atom. The zero-order chi connectivity index (χ0) is 13.7. The minimum Gasteiger partial charge on any atom is -0.310 e. The van der Waals surface area contributed by atoms with Gasteiger partial charge in [0.2, 0.25) is 0 Å². The highest BCUT2D eigenvalue weighted by Crippen LogP contribution is 2.26. The first-order valence-corrected chi connectivity index (χ1v) is 7.20. The van der Waals surface area contributed by atoms with Crippen LogP contribution < -0.4 is 5.32 Å². The van der Waals surface area contributed by atoms with Gasteiger partial charge in [0.1, 0.15) is 0 Å². The van der Waals surface area contributed by atoms with Crippen LogP contribution >= 0.6 is 0 Å². The molecule has 0 aliphatic heterocycles. The summed E-state index contributed by atoms with van der Waals surface area (Å²) in [6.45, 7) is 12.2. The van der Waals surface area contributed by atoms with Crippen LogP contribution in [0.4, 0.5) is 0 Å². The van der Waals surface area contributed by atoms with E-state index in [1.165, 1.54) is 36.2 Å². The molecule has 0 saturated heterocycles. The molecule has 1 heterocycles. The minimum absolute atomic E-state index is 0.459. The van der Waals surface area contributed by atoms with Crippen LogP contribution in [0.25, 0.3) is 0 Å². The van der Waals surface area contributed by atoms with Gasteiger partial charge in [-0.1, -0.05) is 20.8 Å². The number of hydrogen-bond acceptors (Lipinski definition) is 2. The van der Waals surface area contributed by atoms with Gasteiger partial charge in [0.15, 0.2) is 0 Å². The van der Waals surface area contributed by atoms with E-state index in [2.05, 4.69) is 45.0 Å². The van der Waals surface area contributed by atoms with Gasteiger partial charge in [0.25, 0.3) is 0 Å². The molecule has 0 amide bonds. The molecule has 18 heavy (non-hydrogen) atoms. The largest absolute Gasteiger partial charge is 0.310 e. The third-order valence-corrected chi connectivity index (χ3v) is 3.59. The van der Waals surface area contributed by atoms with E-state index >= 15 is 0 Å². The van der Waals surface area contributed by atoms with Crippen LogP contribution in [0.2, 0.25) is 0 Å². The summed E-state index contributed by atoms with van der Waals surface area (Å²) in [7, 11) is 2.03. The zero-order valence-corrected chi connectivity index (χ0v) is 12.9. The van der Waals surface area contributed by atoms with Crippen molar-refractivity contribution in [2.75, 3.05) is 6.54 Å². The highest BCUT2D eigenvalue weighted by atomic mass is 15.3. The lowest BCUT2D eigenvalue weighted by atomic mass is 9.96. The Morgan fingerprint density at radius 1 is 1.22 bits per heavy atom. The summed E-state index contributed by atoms with van der Waals surface area (Å²) in [6.07, 6.45) is 3.64. The van der Waals surface area contributed by atoms with E-state index in [-0.39, 0.29) is 0 Å². The molecule has 0 aromatic carbocycles. The third kappa shape index (κ3) is 3.84. The summed E-state index contributed by atoms with van der Waals surface area (Å²) in [6, 6.07) is 0.459. The topological polar surface area (TPSA) is 29.9 Å². The predicted octanol–water partition coefficient (Wildman–Crippen LogP) is 3.51. The van der Waals surface area contributed by atoms with Crippen LogP contribution in [-0.4, -0.2) is 16.3 Å². The SMILES string of the molecule is CCCNC(CCC(C)C)c1c(C)nn(C)c1C. The van der Waals surface area contributed by atoms with Crippen molar-refractivity contribution in [2.45, 2.75) is 59.9 Å². The van der Waals surface area contributed by atoms with E-state index in [0.29, 0.717) is 6.04 Å². The van der Waals surface area contributed by atoms with Gasteiger partial charge >= 0.3 is 0 Å². The molecule has 1 rings (SSSR count). The Labute approximate surface area is 112 Å². The molecule has 0 spiro atoms. The molecule has 0 aliphatic rings. The maximum absolute atomic E-state index is 4.54. The van der Waals surface area contributed by atoms with E-state index in [4.69, 9.17) is 0 Å². The first-order valence-electron chi connectivity index (χ1n) is 7.20. The van der Waals surface area contributed by atoms with Crippen molar-refractivity contribution in [1.82, 2.24) is 15.1 Å². The van der Waals surface area contributed by atoms with Gasteiger partial charge in [0.05, 0.1) is 5.69 Å². The molecule has 3 heteroatoms. The highest BCUT2D eigenvalue weighted by molar-refractivity contribution is 5.28. The van der Waals surface area contributed by atoms with Crippen molar-refractivity contribution < 1.29 is 0 Å². The number of aromatic nitrogens is 2. The molecule has 1 N–H and O–H groups in total. The predicted molar refractivity (Wildman–Crippen MR) is 77.8 cm³/mol. The second-order valence-corrected chi connectivity index (χ2v) is 5.69. The summed E-state index contributed by atoms with van der Waals surface area (Å²) in [5, 5.41) is 8.23. The minimum atomic E-state index is 0.459. The van der Waals surface area contributed by atoms with Gasteiger partial charge in [0, 0.05) is 24.3 Å². The van der Waals surface area contributed by atoms with Crippen molar-refractivity contribution >= 4 is 0 Å². The van der Waals surface area contributed by atoms with E-state index in [1.54, 1.807) is 0 Å². The Balaban J connectivity index is 2.86. The number of hydrogen-bond donors (Lipinski definition) is 1. The number of aryl methyl sites for hydroxylation is 2. The first kappa shape index (κ1) is 15.2. The average Bonchev–Trinajstić information content (AvgIpc) is 2.54. The molecule has 0 saturated carbocycles. The second-order valence-electron chi connectivity index (χ2n) is 5.69. The number of rotatable bonds is 7. The van der Waals surface area contributed by atoms with Gasteiger partial charge in [-0.25, -0.2) is 0 Å². The molecule has 3 nitrogen and oxygen atoms in total. The Hall–Kier alpha value is -0.830. The quantitative estimate of drug-likeness (QED) is 0.803. The molecule has 1 unspecified atom stereocenters. The lowest BCUT2D eigenvalue weighted by molar-refractivity contribution is 0.438. The molecule has 104 valence electrons. The summed E-state index contributed by atoms with van der Waals surface area (Å²) < 4.78 is 2.00. The number of nitrogens with zero attached hydrogens (tertiary/aromatic N) is 2. The fourth-order valence-corrected chi connectivity index (χ4v) is 2.46. The number of nitrogens with one attached hydrogen (secondary N) is 1. The van der Waals surface area contributed by atoms with Gasteiger partial charge in [-0.3, -0.25) is 4.68 Å². The molecule has 0 fully saturated rings. The Kier molecular flexibility index (Phi) is 5.86. The molecular formula is C15H29N3. The average molecular weight is 251 g/mol. The fraction of sp³-hybridized carbons (Fsp3) is 0.800. The molecular weight excluding hydrogens is 222 g/mol. The molecule has 0 aliphatic carbocycles. The summed E-state index contributed by atoms with van der Waals surface area (Å²) >= 11 is 0. The van der Waals surface area contributed by atoms with Crippen LogP contribution in [0.1, 0.15) is 63.0 Å². The summed E-state index contributed by atoms with van der Waals surface area (Å²) in [5.41, 5.74) is 3.88. The Bertz CT molecular complexity index is 366. The van der Waals surface area contributed by atoms with Crippen molar-refractivity contribution in [3.8, 4) is 0 Å². The molecule has 1 aromatic rings. The van der Waals surface area contributed by atoms with Crippen molar-refractivity contribution in [3.63, 3.8) is 0 Å².